The van der Waals surface area contributed by atoms with Crippen LogP contribution in [-0.4, -0.2) is 48.8 Å². The number of nitro groups is 1. The lowest BCUT2D eigenvalue weighted by Gasteiger charge is -2.32. The van der Waals surface area contributed by atoms with Crippen molar-refractivity contribution in [1.82, 2.24) is 14.8 Å². The van der Waals surface area contributed by atoms with Gasteiger partial charge in [-0.05, 0) is 6.92 Å². The largest absolute Gasteiger partial charge is 0.438 e. The van der Waals surface area contributed by atoms with Crippen molar-refractivity contribution >= 4 is 17.8 Å². The third kappa shape index (κ3) is 2.52. The average molecular weight is 321 g/mol. The molecule has 2 rings (SSSR count). The summed E-state index contributed by atoms with van der Waals surface area (Å²) in [5.74, 6) is -1.20. The molecule has 120 valence electrons. The molecule has 1 atom stereocenters. The number of rotatable bonds is 3. The Morgan fingerprint density at radius 2 is 2.23 bits per heavy atom. The number of amides is 1. The van der Waals surface area contributed by atoms with Crippen LogP contribution in [0.5, 0.6) is 0 Å². The zero-order valence-corrected chi connectivity index (χ0v) is 11.1. The first-order chi connectivity index (χ1) is 10.1. The van der Waals surface area contributed by atoms with Crippen molar-refractivity contribution in [2.75, 3.05) is 0 Å². The minimum Gasteiger partial charge on any atom is -0.362 e. The van der Waals surface area contributed by atoms with Crippen LogP contribution in [-0.2, 0) is 11.3 Å². The number of aromatic nitrogens is 2. The maximum Gasteiger partial charge on any atom is 0.438 e. The van der Waals surface area contributed by atoms with Gasteiger partial charge in [0.2, 0.25) is 0 Å². The summed E-state index contributed by atoms with van der Waals surface area (Å²) in [4.78, 5) is 21.8. The normalized spacial score (nSPS) is 21.4. The smallest absolute Gasteiger partial charge is 0.362 e. The molecule has 0 unspecified atom stereocenters. The van der Waals surface area contributed by atoms with Crippen LogP contribution in [0.2, 0.25) is 0 Å². The van der Waals surface area contributed by atoms with Crippen LogP contribution in [0.4, 0.5) is 18.9 Å². The Labute approximate surface area is 120 Å². The Kier molecular flexibility index (Phi) is 3.64. The standard InChI is InChI=1S/C10H10F3N5O4/c1-6-7(18(21)22)4-16(15-6)5-8(19)17-9(20,2-3-14-17)10(11,12)13/h3-4,20H,2,5H2,1H3/t9-/m0/s1. The monoisotopic (exact) mass is 321 g/mol. The minimum absolute atomic E-state index is 0.00815. The van der Waals surface area contributed by atoms with Crippen LogP contribution >= 0.6 is 0 Å². The molecule has 22 heavy (non-hydrogen) atoms. The summed E-state index contributed by atoms with van der Waals surface area (Å²) < 4.78 is 39.3. The Bertz CT molecular complexity index is 655. The first-order valence-corrected chi connectivity index (χ1v) is 5.89. The van der Waals surface area contributed by atoms with Gasteiger partial charge in [0.15, 0.2) is 0 Å². The molecule has 2 heterocycles. The molecule has 1 N–H and O–H groups in total. The van der Waals surface area contributed by atoms with Crippen molar-refractivity contribution in [1.29, 1.82) is 0 Å². The molecule has 0 saturated carbocycles. The molecule has 0 aliphatic carbocycles. The van der Waals surface area contributed by atoms with Gasteiger partial charge in [-0.2, -0.15) is 28.4 Å². The second-order valence-corrected chi connectivity index (χ2v) is 4.58. The van der Waals surface area contributed by atoms with E-state index in [0.29, 0.717) is 0 Å². The molecule has 9 nitrogen and oxygen atoms in total. The van der Waals surface area contributed by atoms with E-state index in [-0.39, 0.29) is 16.4 Å². The van der Waals surface area contributed by atoms with Crippen LogP contribution in [0.1, 0.15) is 12.1 Å². The highest BCUT2D eigenvalue weighted by molar-refractivity contribution is 5.80. The first kappa shape index (κ1) is 15.9. The molecule has 1 aromatic rings. The van der Waals surface area contributed by atoms with Gasteiger partial charge < -0.3 is 5.11 Å². The molecule has 0 fully saturated rings. The fraction of sp³-hybridized carbons (Fsp3) is 0.500. The van der Waals surface area contributed by atoms with Gasteiger partial charge in [0.05, 0.1) is 4.92 Å². The first-order valence-electron chi connectivity index (χ1n) is 5.89. The van der Waals surface area contributed by atoms with Gasteiger partial charge in [-0.25, -0.2) is 0 Å². The highest BCUT2D eigenvalue weighted by atomic mass is 19.4. The van der Waals surface area contributed by atoms with E-state index in [9.17, 15) is 33.2 Å². The van der Waals surface area contributed by atoms with Gasteiger partial charge in [0.1, 0.15) is 18.4 Å². The number of carbonyl (C=O) groups excluding carboxylic acids is 1. The molecular formula is C10H10F3N5O4. The van der Waals surface area contributed by atoms with Crippen LogP contribution in [0.15, 0.2) is 11.3 Å². The van der Waals surface area contributed by atoms with E-state index in [2.05, 4.69) is 10.2 Å². The number of carbonyl (C=O) groups is 1. The number of aryl methyl sites for hydroxylation is 1. The van der Waals surface area contributed by atoms with E-state index in [1.54, 1.807) is 0 Å². The number of alkyl halides is 3. The van der Waals surface area contributed by atoms with Crippen molar-refractivity contribution in [3.05, 3.63) is 22.0 Å². The molecule has 0 saturated heterocycles. The third-order valence-corrected chi connectivity index (χ3v) is 3.03. The average Bonchev–Trinajstić information content (AvgIpc) is 2.92. The fourth-order valence-electron chi connectivity index (χ4n) is 1.91. The second kappa shape index (κ2) is 5.05. The highest BCUT2D eigenvalue weighted by Crippen LogP contribution is 2.38. The second-order valence-electron chi connectivity index (χ2n) is 4.58. The highest BCUT2D eigenvalue weighted by Gasteiger charge is 2.61. The minimum atomic E-state index is -5.09. The Hall–Kier alpha value is -2.50. The van der Waals surface area contributed by atoms with Crippen molar-refractivity contribution < 1.29 is 28.0 Å². The van der Waals surface area contributed by atoms with Gasteiger partial charge in [-0.1, -0.05) is 0 Å². The number of hydrazone groups is 1. The molecule has 1 aliphatic rings. The van der Waals surface area contributed by atoms with Crippen molar-refractivity contribution in [2.45, 2.75) is 31.8 Å². The molecule has 1 amide bonds. The van der Waals surface area contributed by atoms with Crippen molar-refractivity contribution in [3.63, 3.8) is 0 Å². The van der Waals surface area contributed by atoms with Gasteiger partial charge >= 0.3 is 11.9 Å². The molecule has 1 aliphatic heterocycles. The quantitative estimate of drug-likeness (QED) is 0.646. The maximum absolute atomic E-state index is 12.8. The van der Waals surface area contributed by atoms with Crippen LogP contribution in [0, 0.1) is 17.0 Å². The topological polar surface area (TPSA) is 114 Å². The predicted octanol–water partition coefficient (Wildman–Crippen LogP) is 0.569. The van der Waals surface area contributed by atoms with E-state index in [4.69, 9.17) is 0 Å². The molecular weight excluding hydrogens is 311 g/mol. The Balaban J connectivity index is 2.20. The van der Waals surface area contributed by atoms with E-state index >= 15 is 0 Å². The van der Waals surface area contributed by atoms with Gasteiger partial charge in [-0.15, -0.1) is 0 Å². The van der Waals surface area contributed by atoms with Crippen LogP contribution in [0.3, 0.4) is 0 Å². The molecule has 12 heteroatoms. The van der Waals surface area contributed by atoms with E-state index in [0.717, 1.165) is 17.1 Å². The Morgan fingerprint density at radius 1 is 1.59 bits per heavy atom. The van der Waals surface area contributed by atoms with E-state index in [1.165, 1.54) is 6.92 Å². The lowest BCUT2D eigenvalue weighted by Crippen LogP contribution is -2.57. The summed E-state index contributed by atoms with van der Waals surface area (Å²) in [6.45, 7) is 0.587. The SMILES string of the molecule is Cc1nn(CC(=O)N2N=CC[C@]2(O)C(F)(F)F)cc1[N+](=O)[O-]. The summed E-state index contributed by atoms with van der Waals surface area (Å²) in [5, 5.41) is 27.1. The third-order valence-electron chi connectivity index (χ3n) is 3.03. The number of hydrogen-bond acceptors (Lipinski definition) is 6. The van der Waals surface area contributed by atoms with Gasteiger partial charge in [-0.3, -0.25) is 19.6 Å². The molecule has 0 radical (unpaired) electrons. The molecule has 0 bridgehead atoms. The Morgan fingerprint density at radius 3 is 2.73 bits per heavy atom. The van der Waals surface area contributed by atoms with Crippen molar-refractivity contribution in [3.8, 4) is 0 Å². The van der Waals surface area contributed by atoms with Gasteiger partial charge in [0, 0.05) is 12.6 Å². The molecule has 0 aromatic carbocycles. The number of hydrogen-bond donors (Lipinski definition) is 1. The summed E-state index contributed by atoms with van der Waals surface area (Å²) in [6.07, 6.45) is -4.30. The number of halogens is 3. The van der Waals surface area contributed by atoms with Crippen LogP contribution < -0.4 is 0 Å². The fourth-order valence-corrected chi connectivity index (χ4v) is 1.91. The number of nitrogens with zero attached hydrogens (tertiary/aromatic N) is 5. The van der Waals surface area contributed by atoms with E-state index < -0.39 is 35.7 Å². The summed E-state index contributed by atoms with van der Waals surface area (Å²) in [5.41, 5.74) is -3.78. The lowest BCUT2D eigenvalue weighted by molar-refractivity contribution is -0.385. The van der Waals surface area contributed by atoms with Gasteiger partial charge in [0.25, 0.3) is 11.6 Å². The number of aliphatic hydroxyl groups is 1. The van der Waals surface area contributed by atoms with Crippen molar-refractivity contribution in [2.24, 2.45) is 5.10 Å². The molecule has 1 aromatic heterocycles. The zero-order valence-electron chi connectivity index (χ0n) is 11.1. The lowest BCUT2D eigenvalue weighted by atomic mass is 10.1. The zero-order chi connectivity index (χ0) is 16.7. The summed E-state index contributed by atoms with van der Waals surface area (Å²) >= 11 is 0. The van der Waals surface area contributed by atoms with E-state index in [1.807, 2.05) is 0 Å². The summed E-state index contributed by atoms with van der Waals surface area (Å²) in [7, 11) is 0. The molecule has 0 spiro atoms. The maximum atomic E-state index is 12.8. The van der Waals surface area contributed by atoms with Crippen LogP contribution in [0.25, 0.3) is 0 Å². The predicted molar refractivity (Wildman–Crippen MR) is 64.6 cm³/mol. The summed E-state index contributed by atoms with van der Waals surface area (Å²) in [6, 6.07) is 0.